The zero-order valence-electron chi connectivity index (χ0n) is 13.9. The molecule has 0 aliphatic heterocycles. The van der Waals surface area contributed by atoms with Crippen molar-refractivity contribution in [3.63, 3.8) is 0 Å². The number of hydrogen-bond acceptors (Lipinski definition) is 2. The molecule has 0 aliphatic rings. The first-order chi connectivity index (χ1) is 12.6. The zero-order valence-corrected chi connectivity index (χ0v) is 16.2. The number of halogens is 2. The quantitative estimate of drug-likeness (QED) is 0.569. The van der Waals surface area contributed by atoms with E-state index in [4.69, 9.17) is 16.3 Å². The standard InChI is InChI=1S/C21H17BrClNO2/c22-19-9-5-4-8-18(19)21(15-6-2-1-3-7-15)24-20(25)14-26-17-12-10-16(23)11-13-17/h1-13,21H,14H2,(H,24,25)/t21-/m1/s1. The summed E-state index contributed by atoms with van der Waals surface area (Å²) in [7, 11) is 0. The Bertz CT molecular complexity index is 869. The predicted molar refractivity (Wildman–Crippen MR) is 108 cm³/mol. The van der Waals surface area contributed by atoms with Gasteiger partial charge in [-0.05, 0) is 41.5 Å². The number of nitrogens with one attached hydrogen (secondary N) is 1. The van der Waals surface area contributed by atoms with Gasteiger partial charge in [-0.3, -0.25) is 4.79 Å². The highest BCUT2D eigenvalue weighted by atomic mass is 79.9. The summed E-state index contributed by atoms with van der Waals surface area (Å²) >= 11 is 9.43. The summed E-state index contributed by atoms with van der Waals surface area (Å²) in [5.41, 5.74) is 1.98. The molecular weight excluding hydrogens is 414 g/mol. The largest absolute Gasteiger partial charge is 0.484 e. The van der Waals surface area contributed by atoms with E-state index in [9.17, 15) is 4.79 Å². The molecule has 3 aromatic rings. The van der Waals surface area contributed by atoms with Crippen molar-refractivity contribution in [2.75, 3.05) is 6.61 Å². The molecule has 1 N–H and O–H groups in total. The van der Waals surface area contributed by atoms with E-state index in [-0.39, 0.29) is 18.6 Å². The van der Waals surface area contributed by atoms with E-state index >= 15 is 0 Å². The fourth-order valence-corrected chi connectivity index (χ4v) is 3.22. The fourth-order valence-electron chi connectivity index (χ4n) is 2.58. The molecule has 0 bridgehead atoms. The Morgan fingerprint density at radius 1 is 0.962 bits per heavy atom. The maximum absolute atomic E-state index is 12.5. The lowest BCUT2D eigenvalue weighted by Crippen LogP contribution is -2.33. The van der Waals surface area contributed by atoms with Crippen LogP contribution in [0.3, 0.4) is 0 Å². The van der Waals surface area contributed by atoms with Crippen molar-refractivity contribution in [3.8, 4) is 5.75 Å². The smallest absolute Gasteiger partial charge is 0.258 e. The summed E-state index contributed by atoms with van der Waals surface area (Å²) in [5, 5.41) is 3.68. The highest BCUT2D eigenvalue weighted by molar-refractivity contribution is 9.10. The summed E-state index contributed by atoms with van der Waals surface area (Å²) < 4.78 is 6.48. The molecule has 5 heteroatoms. The van der Waals surface area contributed by atoms with Gasteiger partial charge in [0.1, 0.15) is 5.75 Å². The molecule has 0 radical (unpaired) electrons. The Hall–Kier alpha value is -2.30. The molecule has 0 aliphatic carbocycles. The van der Waals surface area contributed by atoms with Gasteiger partial charge >= 0.3 is 0 Å². The number of carbonyl (C=O) groups is 1. The van der Waals surface area contributed by atoms with Crippen LogP contribution in [0.25, 0.3) is 0 Å². The highest BCUT2D eigenvalue weighted by Gasteiger charge is 2.19. The number of rotatable bonds is 6. The van der Waals surface area contributed by atoms with Crippen LogP contribution in [0, 0.1) is 0 Å². The highest BCUT2D eigenvalue weighted by Crippen LogP contribution is 2.28. The van der Waals surface area contributed by atoms with Gasteiger partial charge in [-0.1, -0.05) is 76.1 Å². The number of ether oxygens (including phenoxy) is 1. The van der Waals surface area contributed by atoms with Crippen LogP contribution in [0.1, 0.15) is 17.2 Å². The summed E-state index contributed by atoms with van der Waals surface area (Å²) in [6.45, 7) is -0.0740. The molecule has 132 valence electrons. The zero-order chi connectivity index (χ0) is 18.4. The van der Waals surface area contributed by atoms with Crippen molar-refractivity contribution in [1.29, 1.82) is 0 Å². The molecule has 3 aromatic carbocycles. The number of amides is 1. The predicted octanol–water partition coefficient (Wildman–Crippen LogP) is 5.39. The van der Waals surface area contributed by atoms with Crippen LogP contribution in [0.15, 0.2) is 83.3 Å². The van der Waals surface area contributed by atoms with Crippen LogP contribution in [-0.4, -0.2) is 12.5 Å². The Morgan fingerprint density at radius 3 is 2.31 bits per heavy atom. The molecule has 0 fully saturated rings. The molecular formula is C21H17BrClNO2. The SMILES string of the molecule is O=C(COc1ccc(Cl)cc1)N[C@H](c1ccccc1)c1ccccc1Br. The van der Waals surface area contributed by atoms with Crippen molar-refractivity contribution in [2.24, 2.45) is 0 Å². The minimum absolute atomic E-state index is 0.0740. The molecule has 1 amide bonds. The molecule has 1 atom stereocenters. The maximum atomic E-state index is 12.5. The molecule has 0 saturated heterocycles. The van der Waals surface area contributed by atoms with Crippen LogP contribution in [0.2, 0.25) is 5.02 Å². The van der Waals surface area contributed by atoms with Crippen molar-refractivity contribution in [3.05, 3.63) is 99.5 Å². The van der Waals surface area contributed by atoms with E-state index in [0.717, 1.165) is 15.6 Å². The van der Waals surface area contributed by atoms with Gasteiger partial charge in [0.05, 0.1) is 6.04 Å². The lowest BCUT2D eigenvalue weighted by atomic mass is 9.99. The van der Waals surface area contributed by atoms with Gasteiger partial charge in [0.2, 0.25) is 0 Å². The maximum Gasteiger partial charge on any atom is 0.258 e. The minimum Gasteiger partial charge on any atom is -0.484 e. The van der Waals surface area contributed by atoms with Crippen molar-refractivity contribution in [2.45, 2.75) is 6.04 Å². The van der Waals surface area contributed by atoms with Crippen LogP contribution in [0.4, 0.5) is 0 Å². The van der Waals surface area contributed by atoms with Crippen LogP contribution in [-0.2, 0) is 4.79 Å². The molecule has 26 heavy (non-hydrogen) atoms. The van der Waals surface area contributed by atoms with Gasteiger partial charge in [-0.25, -0.2) is 0 Å². The lowest BCUT2D eigenvalue weighted by Gasteiger charge is -2.21. The van der Waals surface area contributed by atoms with Gasteiger partial charge < -0.3 is 10.1 Å². The van der Waals surface area contributed by atoms with E-state index in [1.807, 2.05) is 54.6 Å². The van der Waals surface area contributed by atoms with Crippen molar-refractivity contribution >= 4 is 33.4 Å². The van der Waals surface area contributed by atoms with Gasteiger partial charge in [-0.2, -0.15) is 0 Å². The van der Waals surface area contributed by atoms with E-state index in [2.05, 4.69) is 21.2 Å². The topological polar surface area (TPSA) is 38.3 Å². The normalized spacial score (nSPS) is 11.6. The van der Waals surface area contributed by atoms with Crippen LogP contribution >= 0.6 is 27.5 Å². The third kappa shape index (κ3) is 4.87. The Balaban J connectivity index is 1.74. The number of hydrogen-bond donors (Lipinski definition) is 1. The second-order valence-electron chi connectivity index (χ2n) is 5.68. The molecule has 0 unspecified atom stereocenters. The number of benzene rings is 3. The first-order valence-electron chi connectivity index (χ1n) is 8.10. The van der Waals surface area contributed by atoms with Gasteiger partial charge in [0.25, 0.3) is 5.91 Å². The summed E-state index contributed by atoms with van der Waals surface area (Å²) in [6, 6.07) is 24.3. The third-order valence-corrected chi connectivity index (χ3v) is 4.81. The average Bonchev–Trinajstić information content (AvgIpc) is 2.67. The summed E-state index contributed by atoms with van der Waals surface area (Å²) in [4.78, 5) is 12.5. The minimum atomic E-state index is -0.270. The average molecular weight is 431 g/mol. The summed E-state index contributed by atoms with van der Waals surface area (Å²) in [5.74, 6) is 0.395. The van der Waals surface area contributed by atoms with E-state index < -0.39 is 0 Å². The Kier molecular flexibility index (Phi) is 6.31. The van der Waals surface area contributed by atoms with Gasteiger partial charge in [0, 0.05) is 9.50 Å². The third-order valence-electron chi connectivity index (χ3n) is 3.84. The summed E-state index contributed by atoms with van der Waals surface area (Å²) in [6.07, 6.45) is 0. The number of carbonyl (C=O) groups excluding carboxylic acids is 1. The molecule has 0 spiro atoms. The fraction of sp³-hybridized carbons (Fsp3) is 0.0952. The molecule has 3 nitrogen and oxygen atoms in total. The monoisotopic (exact) mass is 429 g/mol. The molecule has 0 saturated carbocycles. The van der Waals surface area contributed by atoms with Gasteiger partial charge in [0.15, 0.2) is 6.61 Å². The second kappa shape index (κ2) is 8.88. The molecule has 0 aromatic heterocycles. The Morgan fingerprint density at radius 2 is 1.62 bits per heavy atom. The van der Waals surface area contributed by atoms with Crippen LogP contribution < -0.4 is 10.1 Å². The first-order valence-corrected chi connectivity index (χ1v) is 9.27. The van der Waals surface area contributed by atoms with Crippen molar-refractivity contribution < 1.29 is 9.53 Å². The van der Waals surface area contributed by atoms with E-state index in [1.54, 1.807) is 24.3 Å². The van der Waals surface area contributed by atoms with Crippen molar-refractivity contribution in [1.82, 2.24) is 5.32 Å². The Labute approximate surface area is 166 Å². The second-order valence-corrected chi connectivity index (χ2v) is 6.97. The van der Waals surface area contributed by atoms with Gasteiger partial charge in [-0.15, -0.1) is 0 Å². The molecule has 3 rings (SSSR count). The van der Waals surface area contributed by atoms with E-state index in [1.165, 1.54) is 0 Å². The first kappa shape index (κ1) is 18.5. The molecule has 0 heterocycles. The van der Waals surface area contributed by atoms with E-state index in [0.29, 0.717) is 10.8 Å². The lowest BCUT2D eigenvalue weighted by molar-refractivity contribution is -0.123. The van der Waals surface area contributed by atoms with Crippen LogP contribution in [0.5, 0.6) is 5.75 Å².